The zero-order valence-electron chi connectivity index (χ0n) is 14.2. The third kappa shape index (κ3) is 2.59. The average molecular weight is 339 g/mol. The number of piperidine rings is 1. The van der Waals surface area contributed by atoms with E-state index in [0.717, 1.165) is 0 Å². The Bertz CT molecular complexity index is 793. The highest BCUT2D eigenvalue weighted by Crippen LogP contribution is 2.47. The van der Waals surface area contributed by atoms with Gasteiger partial charge in [0.05, 0.1) is 5.41 Å². The molecule has 1 atom stereocenters. The van der Waals surface area contributed by atoms with Crippen molar-refractivity contribution in [1.82, 2.24) is 25.0 Å². The summed E-state index contributed by atoms with van der Waals surface area (Å²) in [6, 6.07) is 10.2. The SMILES string of the molecule is Cn1cnc(C(=O)N2CCC3(CC2)C(=O)NCC3c2ccccc2)n1. The van der Waals surface area contributed by atoms with E-state index in [1.165, 1.54) is 16.6 Å². The van der Waals surface area contributed by atoms with Crippen LogP contribution in [-0.4, -0.2) is 51.1 Å². The molecular formula is C18H21N5O2. The summed E-state index contributed by atoms with van der Waals surface area (Å²) in [6.45, 7) is 1.76. The highest BCUT2D eigenvalue weighted by atomic mass is 16.2. The predicted octanol–water partition coefficient (Wildman–Crippen LogP) is 0.951. The fourth-order valence-electron chi connectivity index (χ4n) is 4.11. The van der Waals surface area contributed by atoms with Gasteiger partial charge in [-0.1, -0.05) is 30.3 Å². The minimum Gasteiger partial charge on any atom is -0.355 e. The number of benzene rings is 1. The predicted molar refractivity (Wildman–Crippen MR) is 90.8 cm³/mol. The quantitative estimate of drug-likeness (QED) is 0.883. The lowest BCUT2D eigenvalue weighted by molar-refractivity contribution is -0.130. The van der Waals surface area contributed by atoms with Gasteiger partial charge in [-0.3, -0.25) is 14.3 Å². The highest BCUT2D eigenvalue weighted by Gasteiger charge is 2.52. The lowest BCUT2D eigenvalue weighted by atomic mass is 9.68. The largest absolute Gasteiger partial charge is 0.355 e. The van der Waals surface area contributed by atoms with Crippen LogP contribution < -0.4 is 5.32 Å². The van der Waals surface area contributed by atoms with Crippen LogP contribution in [0.2, 0.25) is 0 Å². The van der Waals surface area contributed by atoms with Gasteiger partial charge in [0.1, 0.15) is 6.33 Å². The first-order valence-corrected chi connectivity index (χ1v) is 8.58. The van der Waals surface area contributed by atoms with Gasteiger partial charge in [0.2, 0.25) is 11.7 Å². The monoisotopic (exact) mass is 339 g/mol. The van der Waals surface area contributed by atoms with Crippen LogP contribution in [0.1, 0.15) is 34.9 Å². The van der Waals surface area contributed by atoms with E-state index < -0.39 is 5.41 Å². The number of nitrogens with zero attached hydrogens (tertiary/aromatic N) is 4. The Labute approximate surface area is 146 Å². The number of nitrogens with one attached hydrogen (secondary N) is 1. The lowest BCUT2D eigenvalue weighted by Crippen LogP contribution is -2.48. The number of carbonyl (C=O) groups excluding carboxylic acids is 2. The number of hydrogen-bond donors (Lipinski definition) is 1. The van der Waals surface area contributed by atoms with E-state index in [4.69, 9.17) is 0 Å². The molecule has 1 spiro atoms. The molecule has 4 rings (SSSR count). The molecule has 130 valence electrons. The number of likely N-dealkylation sites (tertiary alicyclic amines) is 1. The van der Waals surface area contributed by atoms with E-state index in [1.807, 2.05) is 18.2 Å². The van der Waals surface area contributed by atoms with Crippen molar-refractivity contribution >= 4 is 11.8 Å². The van der Waals surface area contributed by atoms with E-state index in [9.17, 15) is 9.59 Å². The summed E-state index contributed by atoms with van der Waals surface area (Å²) < 4.78 is 1.52. The molecule has 1 unspecified atom stereocenters. The zero-order valence-corrected chi connectivity index (χ0v) is 14.2. The summed E-state index contributed by atoms with van der Waals surface area (Å²) in [4.78, 5) is 31.0. The second-order valence-corrected chi connectivity index (χ2v) is 6.86. The van der Waals surface area contributed by atoms with Gasteiger partial charge in [-0.2, -0.15) is 0 Å². The molecule has 2 fully saturated rings. The smallest absolute Gasteiger partial charge is 0.293 e. The van der Waals surface area contributed by atoms with Crippen molar-refractivity contribution in [1.29, 1.82) is 0 Å². The number of hydrogen-bond acceptors (Lipinski definition) is 4. The van der Waals surface area contributed by atoms with Crippen LogP contribution in [0.25, 0.3) is 0 Å². The normalized spacial score (nSPS) is 22.2. The Morgan fingerprint density at radius 1 is 1.24 bits per heavy atom. The van der Waals surface area contributed by atoms with Crippen LogP contribution >= 0.6 is 0 Å². The minimum atomic E-state index is -0.421. The Kier molecular flexibility index (Phi) is 3.78. The molecule has 0 aliphatic carbocycles. The van der Waals surface area contributed by atoms with E-state index in [0.29, 0.717) is 32.5 Å². The standard InChI is InChI=1S/C18H21N5O2/c1-22-12-20-15(21-22)16(24)23-9-7-18(8-10-23)14(11-19-17(18)25)13-5-3-2-4-6-13/h2-6,12,14H,7-11H2,1H3,(H,19,25). The third-order valence-electron chi connectivity index (χ3n) is 5.52. The molecule has 2 amide bonds. The summed E-state index contributed by atoms with van der Waals surface area (Å²) >= 11 is 0. The van der Waals surface area contributed by atoms with Crippen molar-refractivity contribution in [3.8, 4) is 0 Å². The zero-order chi connectivity index (χ0) is 17.4. The average Bonchev–Trinajstić information content (AvgIpc) is 3.21. The van der Waals surface area contributed by atoms with E-state index in [1.54, 1.807) is 11.9 Å². The molecule has 2 aliphatic rings. The number of carbonyl (C=O) groups is 2. The molecule has 7 heteroatoms. The molecule has 1 N–H and O–H groups in total. The maximum absolute atomic E-state index is 12.6. The minimum absolute atomic E-state index is 0.115. The van der Waals surface area contributed by atoms with Gasteiger partial charge in [0.25, 0.3) is 5.91 Å². The van der Waals surface area contributed by atoms with Gasteiger partial charge in [-0.25, -0.2) is 4.98 Å². The lowest BCUT2D eigenvalue weighted by Gasteiger charge is -2.40. The fourth-order valence-corrected chi connectivity index (χ4v) is 4.11. The van der Waals surface area contributed by atoms with Crippen LogP contribution in [0.3, 0.4) is 0 Å². The van der Waals surface area contributed by atoms with Crippen LogP contribution in [0.15, 0.2) is 36.7 Å². The summed E-state index contributed by atoms with van der Waals surface area (Å²) in [7, 11) is 1.74. The maximum atomic E-state index is 12.6. The van der Waals surface area contributed by atoms with E-state index >= 15 is 0 Å². The van der Waals surface area contributed by atoms with Crippen molar-refractivity contribution in [3.05, 3.63) is 48.0 Å². The van der Waals surface area contributed by atoms with Gasteiger partial charge < -0.3 is 10.2 Å². The van der Waals surface area contributed by atoms with Crippen LogP contribution in [0.4, 0.5) is 0 Å². The Morgan fingerprint density at radius 3 is 2.60 bits per heavy atom. The van der Waals surface area contributed by atoms with Crippen molar-refractivity contribution in [2.24, 2.45) is 12.5 Å². The first kappa shape index (κ1) is 15.8. The van der Waals surface area contributed by atoms with Gasteiger partial charge in [-0.15, -0.1) is 5.10 Å². The topological polar surface area (TPSA) is 80.1 Å². The first-order valence-electron chi connectivity index (χ1n) is 8.58. The molecule has 2 saturated heterocycles. The van der Waals surface area contributed by atoms with E-state index in [-0.39, 0.29) is 23.6 Å². The molecule has 0 radical (unpaired) electrons. The number of rotatable bonds is 2. The molecule has 0 bridgehead atoms. The first-order chi connectivity index (χ1) is 12.1. The maximum Gasteiger partial charge on any atom is 0.293 e. The van der Waals surface area contributed by atoms with Crippen LogP contribution in [0, 0.1) is 5.41 Å². The molecular weight excluding hydrogens is 318 g/mol. The third-order valence-corrected chi connectivity index (χ3v) is 5.52. The van der Waals surface area contributed by atoms with Gasteiger partial charge in [0, 0.05) is 32.6 Å². The summed E-state index contributed by atoms with van der Waals surface area (Å²) in [5, 5.41) is 7.12. The molecule has 1 aromatic heterocycles. The highest BCUT2D eigenvalue weighted by molar-refractivity contribution is 5.91. The Morgan fingerprint density at radius 2 is 1.96 bits per heavy atom. The molecule has 3 heterocycles. The van der Waals surface area contributed by atoms with E-state index in [2.05, 4.69) is 27.5 Å². The van der Waals surface area contributed by atoms with Crippen LogP contribution in [-0.2, 0) is 11.8 Å². The number of amides is 2. The number of aromatic nitrogens is 3. The van der Waals surface area contributed by atoms with Gasteiger partial charge in [0.15, 0.2) is 0 Å². The molecule has 1 aromatic carbocycles. The Hall–Kier alpha value is -2.70. The second-order valence-electron chi connectivity index (χ2n) is 6.86. The van der Waals surface area contributed by atoms with Gasteiger partial charge >= 0.3 is 0 Å². The Balaban J connectivity index is 1.53. The molecule has 2 aliphatic heterocycles. The summed E-state index contributed by atoms with van der Waals surface area (Å²) in [6.07, 6.45) is 2.85. The summed E-state index contributed by atoms with van der Waals surface area (Å²) in [5.41, 5.74) is 0.766. The van der Waals surface area contributed by atoms with Crippen molar-refractivity contribution in [2.75, 3.05) is 19.6 Å². The number of aryl methyl sites for hydroxylation is 1. The van der Waals surface area contributed by atoms with Crippen molar-refractivity contribution in [3.63, 3.8) is 0 Å². The van der Waals surface area contributed by atoms with Gasteiger partial charge in [-0.05, 0) is 18.4 Å². The molecule has 25 heavy (non-hydrogen) atoms. The van der Waals surface area contributed by atoms with Crippen molar-refractivity contribution in [2.45, 2.75) is 18.8 Å². The van der Waals surface area contributed by atoms with Crippen LogP contribution in [0.5, 0.6) is 0 Å². The molecule has 2 aromatic rings. The second kappa shape index (κ2) is 5.98. The summed E-state index contributed by atoms with van der Waals surface area (Å²) in [5.74, 6) is 0.329. The van der Waals surface area contributed by atoms with Crippen molar-refractivity contribution < 1.29 is 9.59 Å². The fraction of sp³-hybridized carbons (Fsp3) is 0.444. The molecule has 7 nitrogen and oxygen atoms in total. The molecule has 0 saturated carbocycles.